The minimum Gasteiger partial charge on any atom is -0.431 e. The first-order chi connectivity index (χ1) is 6.63. The van der Waals surface area contributed by atoms with Gasteiger partial charge < -0.3 is 28.8 Å². The Labute approximate surface area is 116 Å². The van der Waals surface area contributed by atoms with Gasteiger partial charge >= 0.3 is 31.1 Å². The molecule has 0 aromatic heterocycles. The summed E-state index contributed by atoms with van der Waals surface area (Å²) in [6.45, 7) is 6.03. The first kappa shape index (κ1) is 17.4. The second-order valence-electron chi connectivity index (χ2n) is 2.86. The molecule has 0 spiro atoms. The average Bonchev–Trinajstić information content (AvgIpc) is 2.03. The molecular weight excluding hydrogens is 416 g/mol. The van der Waals surface area contributed by atoms with Crippen molar-refractivity contribution in [1.29, 1.82) is 0 Å². The zero-order valence-corrected chi connectivity index (χ0v) is 13.2. The topological polar surface area (TPSA) is 84.3 Å². The van der Waals surface area contributed by atoms with Crippen LogP contribution in [0.3, 0.4) is 0 Å². The summed E-state index contributed by atoms with van der Waals surface area (Å²) in [5, 5.41) is 10.7. The quantitative estimate of drug-likeness (QED) is 0.448. The van der Waals surface area contributed by atoms with Crippen LogP contribution >= 0.6 is 0 Å². The molecule has 1 atom stereocenters. The summed E-state index contributed by atoms with van der Waals surface area (Å²) in [5.74, 6) is 0. The fourth-order valence-electron chi connectivity index (χ4n) is 1.18. The molecular formula is C10H19N3OU. The van der Waals surface area contributed by atoms with E-state index in [4.69, 9.17) is 16.6 Å². The largest absolute Gasteiger partial charge is 2.00 e. The van der Waals surface area contributed by atoms with Crippen LogP contribution in [0.4, 0.5) is 0 Å². The van der Waals surface area contributed by atoms with Gasteiger partial charge in [0.2, 0.25) is 0 Å². The number of aliphatic hydroxyl groups excluding tert-OH is 1. The van der Waals surface area contributed by atoms with Gasteiger partial charge in [-0.05, 0) is 19.0 Å². The molecule has 0 aromatic carbocycles. The summed E-state index contributed by atoms with van der Waals surface area (Å²) < 4.78 is 0. The third-order valence-electron chi connectivity index (χ3n) is 1.59. The van der Waals surface area contributed by atoms with Crippen molar-refractivity contribution in [2.24, 2.45) is 11.5 Å². The van der Waals surface area contributed by atoms with Crippen LogP contribution in [0, 0.1) is 44.1 Å². The third kappa shape index (κ3) is 9.01. The Morgan fingerprint density at radius 1 is 1.67 bits per heavy atom. The van der Waals surface area contributed by atoms with Gasteiger partial charge in [-0.15, -0.1) is 5.70 Å². The fraction of sp³-hybridized carbons (Fsp3) is 0.500. The van der Waals surface area contributed by atoms with E-state index in [9.17, 15) is 0 Å². The van der Waals surface area contributed by atoms with Crippen LogP contribution in [0.15, 0.2) is 17.5 Å². The van der Waals surface area contributed by atoms with Crippen LogP contribution in [0.5, 0.6) is 0 Å². The monoisotopic (exact) mass is 435 g/mol. The standard InChI is InChI=1S/C8H14N3.C2H5O.U/c1-2-11-8-4-6(9)3-7(10)5-8;1-2-3;/h4,8,11H,2,5,9-10H2,1H3;3H,1-2H2;/q2*-1;+2. The number of allylic oxidation sites excluding steroid dienone is 1. The van der Waals surface area contributed by atoms with Crippen LogP contribution in [0.25, 0.3) is 0 Å². The Morgan fingerprint density at radius 2 is 2.20 bits per heavy atom. The Balaban J connectivity index is 0. The van der Waals surface area contributed by atoms with E-state index >= 15 is 0 Å². The zero-order valence-electron chi connectivity index (χ0n) is 9.09. The minimum absolute atomic E-state index is 0. The molecule has 84 valence electrons. The molecule has 0 heterocycles. The van der Waals surface area contributed by atoms with E-state index in [0.717, 1.165) is 18.7 Å². The first-order valence-electron chi connectivity index (χ1n) is 4.63. The molecule has 6 N–H and O–H groups in total. The van der Waals surface area contributed by atoms with E-state index in [1.165, 1.54) is 0 Å². The van der Waals surface area contributed by atoms with Crippen LogP contribution in [-0.2, 0) is 0 Å². The summed E-state index contributed by atoms with van der Waals surface area (Å²) in [7, 11) is 0. The normalized spacial score (nSPS) is 19.0. The van der Waals surface area contributed by atoms with Crippen LogP contribution in [-0.4, -0.2) is 24.3 Å². The number of likely N-dealkylation sites (N-methyl/N-ethyl adjacent to an activating group) is 1. The Kier molecular flexibility index (Phi) is 12.3. The molecule has 0 fully saturated rings. The second-order valence-corrected chi connectivity index (χ2v) is 2.86. The summed E-state index contributed by atoms with van der Waals surface area (Å²) in [4.78, 5) is 0. The van der Waals surface area contributed by atoms with Gasteiger partial charge in [0.25, 0.3) is 0 Å². The molecule has 0 saturated heterocycles. The SMILES string of the molecule is CCNC1C=C(N)[C-]=C(N)C1.[CH2-]CO.[U+2]. The van der Waals surface area contributed by atoms with Gasteiger partial charge in [0.1, 0.15) is 0 Å². The maximum absolute atomic E-state index is 7.46. The van der Waals surface area contributed by atoms with Crippen molar-refractivity contribution in [1.82, 2.24) is 5.32 Å². The average molecular weight is 435 g/mol. The molecule has 1 aliphatic rings. The van der Waals surface area contributed by atoms with Crippen molar-refractivity contribution in [3.63, 3.8) is 0 Å². The minimum atomic E-state index is 0. The molecule has 0 amide bonds. The van der Waals surface area contributed by atoms with Gasteiger partial charge in [0.15, 0.2) is 0 Å². The summed E-state index contributed by atoms with van der Waals surface area (Å²) in [6, 6.07) is 0.293. The summed E-state index contributed by atoms with van der Waals surface area (Å²) >= 11 is 0. The van der Waals surface area contributed by atoms with Gasteiger partial charge in [-0.1, -0.05) is 19.2 Å². The van der Waals surface area contributed by atoms with Crippen molar-refractivity contribution >= 4 is 0 Å². The summed E-state index contributed by atoms with van der Waals surface area (Å²) in [6.07, 6.45) is 5.62. The van der Waals surface area contributed by atoms with Crippen LogP contribution < -0.4 is 16.8 Å². The smallest absolute Gasteiger partial charge is 0.431 e. The molecule has 0 aromatic rings. The first-order valence-corrected chi connectivity index (χ1v) is 4.63. The molecule has 15 heavy (non-hydrogen) atoms. The van der Waals surface area contributed by atoms with Crippen molar-refractivity contribution < 1.29 is 36.2 Å². The van der Waals surface area contributed by atoms with Crippen LogP contribution in [0.1, 0.15) is 13.3 Å². The maximum Gasteiger partial charge on any atom is 2.00 e. The molecule has 0 radical (unpaired) electrons. The van der Waals surface area contributed by atoms with Crippen molar-refractivity contribution in [3.8, 4) is 0 Å². The van der Waals surface area contributed by atoms with Crippen molar-refractivity contribution in [2.45, 2.75) is 19.4 Å². The fourth-order valence-corrected chi connectivity index (χ4v) is 1.18. The zero-order chi connectivity index (χ0) is 11.0. The van der Waals surface area contributed by atoms with Crippen LogP contribution in [0.2, 0.25) is 0 Å². The van der Waals surface area contributed by atoms with Crippen molar-refractivity contribution in [3.05, 3.63) is 30.5 Å². The molecule has 0 bridgehead atoms. The number of rotatable bonds is 2. The summed E-state index contributed by atoms with van der Waals surface area (Å²) in [5.41, 5.74) is 12.5. The number of hydrogen-bond donors (Lipinski definition) is 4. The Morgan fingerprint density at radius 3 is 2.60 bits per heavy atom. The molecule has 1 aliphatic carbocycles. The van der Waals surface area contributed by atoms with Gasteiger partial charge in [-0.25, -0.2) is 6.08 Å². The molecule has 5 heteroatoms. The molecule has 0 aliphatic heterocycles. The number of hydrogen-bond acceptors (Lipinski definition) is 4. The van der Waals surface area contributed by atoms with Gasteiger partial charge in [0.05, 0.1) is 0 Å². The second kappa shape index (κ2) is 10.6. The Bertz CT molecular complexity index is 217. The Hall–Kier alpha value is 0.0519. The van der Waals surface area contributed by atoms with Gasteiger partial charge in [-0.2, -0.15) is 6.08 Å². The predicted octanol–water partition coefficient (Wildman–Crippen LogP) is -0.331. The number of nitrogens with two attached hydrogens (primary N) is 2. The van der Waals surface area contributed by atoms with E-state index in [1.807, 2.05) is 6.08 Å². The number of aliphatic hydroxyl groups is 1. The van der Waals surface area contributed by atoms with E-state index in [0.29, 0.717) is 11.7 Å². The molecule has 1 unspecified atom stereocenters. The van der Waals surface area contributed by atoms with E-state index in [-0.39, 0.29) is 37.7 Å². The maximum atomic E-state index is 7.46. The molecule has 1 rings (SSSR count). The van der Waals surface area contributed by atoms with Gasteiger partial charge in [-0.3, -0.25) is 0 Å². The van der Waals surface area contributed by atoms with E-state index in [2.05, 4.69) is 25.2 Å². The number of nitrogens with one attached hydrogen (secondary N) is 1. The van der Waals surface area contributed by atoms with Crippen molar-refractivity contribution in [2.75, 3.05) is 13.2 Å². The van der Waals surface area contributed by atoms with E-state index < -0.39 is 0 Å². The van der Waals surface area contributed by atoms with E-state index in [1.54, 1.807) is 0 Å². The molecule has 4 nitrogen and oxygen atoms in total. The van der Waals surface area contributed by atoms with Gasteiger partial charge in [0, 0.05) is 0 Å². The molecule has 0 saturated carbocycles. The third-order valence-corrected chi connectivity index (χ3v) is 1.59. The predicted molar refractivity (Wildman–Crippen MR) is 57.7 cm³/mol.